The summed E-state index contributed by atoms with van der Waals surface area (Å²) in [5, 5.41) is 39.8. The number of carbonyl (C=O) groups is 10. The van der Waals surface area contributed by atoms with Crippen LogP contribution in [0.1, 0.15) is 70.3 Å². The highest BCUT2D eigenvalue weighted by atomic mass is 32.2. The summed E-state index contributed by atoms with van der Waals surface area (Å²) in [6.45, 7) is -0.283. The Balaban J connectivity index is 1.60. The molecule has 1 aliphatic heterocycles. The molecule has 3 fully saturated rings. The Labute approximate surface area is 397 Å². The van der Waals surface area contributed by atoms with E-state index in [4.69, 9.17) is 17.2 Å². The van der Waals surface area contributed by atoms with Gasteiger partial charge in [0, 0.05) is 43.4 Å². The number of rotatable bonds is 11. The summed E-state index contributed by atoms with van der Waals surface area (Å²) >= 11 is 1.44. The van der Waals surface area contributed by atoms with Crippen molar-refractivity contribution in [2.75, 3.05) is 32.0 Å². The summed E-state index contributed by atoms with van der Waals surface area (Å²) in [5.74, 6) is -8.88. The number of carboxylic acid groups (broad SMARTS) is 1. The van der Waals surface area contributed by atoms with Crippen LogP contribution in [0.3, 0.4) is 0 Å². The summed E-state index contributed by atoms with van der Waals surface area (Å²) in [6, 6.07) is -0.105. The standard InChI is InChI=1S/C43H64N12O12S/c1-22(57)50-32-21-68-33-17-24-14-25(33)26(15-24)37(62)47-12-6-5-10-27(36(44)61)52-39(64)29(16-23-8-3-2-4-9-23)54-41(66)31(20-56)55-40(65)30(18-35(59)60)51-34(58)19-49-38(63)28(53-42(32)67)11-7-13-48-43(45)46/h2-4,8-9,24-33,56H,5-7,10-21H2,1H3,(H2,44,61)(H,47,62)(H,49,63)(H,50,57)(H,51,58)(H,52,64)(H,53,67)(H,54,66)(H,55,65)(H,59,60)(H4,45,46,48)/t24?,25?,26?,27?,28?,29?,30?,31-,32+,33?/m0/s1. The normalized spacial score (nSPS) is 28.5. The Morgan fingerprint density at radius 1 is 0.779 bits per heavy atom. The maximum Gasteiger partial charge on any atom is 0.305 e. The minimum Gasteiger partial charge on any atom is -0.481 e. The Morgan fingerprint density at radius 2 is 1.46 bits per heavy atom. The number of aliphatic imine (C=N–C) groups is 1. The number of amides is 9. The average molecular weight is 973 g/mol. The van der Waals surface area contributed by atoms with E-state index < -0.39 is 109 Å². The van der Waals surface area contributed by atoms with E-state index in [2.05, 4.69) is 47.5 Å². The molecule has 16 N–H and O–H groups in total. The predicted octanol–water partition coefficient (Wildman–Crippen LogP) is -4.27. The molecule has 25 heteroatoms. The van der Waals surface area contributed by atoms with Crippen LogP contribution >= 0.6 is 11.8 Å². The number of guanidine groups is 1. The zero-order valence-corrected chi connectivity index (χ0v) is 38.6. The number of aliphatic hydroxyl groups is 1. The Hall–Kier alpha value is -6.50. The van der Waals surface area contributed by atoms with E-state index in [9.17, 15) is 58.2 Å². The van der Waals surface area contributed by atoms with Crippen LogP contribution in [0.5, 0.6) is 0 Å². The largest absolute Gasteiger partial charge is 0.481 e. The van der Waals surface area contributed by atoms with Gasteiger partial charge in [-0.15, -0.1) is 0 Å². The maximum atomic E-state index is 13.8. The quantitative estimate of drug-likeness (QED) is 0.0567. The number of aliphatic carboxylic acids is 1. The van der Waals surface area contributed by atoms with Crippen molar-refractivity contribution in [1.29, 1.82) is 0 Å². The van der Waals surface area contributed by atoms with Gasteiger partial charge in [-0.1, -0.05) is 30.3 Å². The lowest BCUT2D eigenvalue weighted by Gasteiger charge is -2.30. The van der Waals surface area contributed by atoms with Crippen molar-refractivity contribution in [2.24, 2.45) is 39.9 Å². The van der Waals surface area contributed by atoms with Gasteiger partial charge in [-0.05, 0) is 68.8 Å². The van der Waals surface area contributed by atoms with Gasteiger partial charge in [0.2, 0.25) is 53.2 Å². The SMILES string of the molecule is CC(=O)N[C@@H]1CSC2CC3CC(C(=O)NCCCCC(C(N)=O)NC(=O)C(Cc4ccccc4)NC(=O)[C@H](CO)NC(=O)C(CC(=O)O)NC(=O)CNC(=O)C(CCCN=C(N)N)NC1=O)C2C3. The Morgan fingerprint density at radius 3 is 2.10 bits per heavy atom. The van der Waals surface area contributed by atoms with Crippen LogP contribution in [-0.2, 0) is 54.4 Å². The third-order valence-electron chi connectivity index (χ3n) is 11.9. The molecular formula is C43H64N12O12S. The predicted molar refractivity (Wildman–Crippen MR) is 246 cm³/mol. The van der Waals surface area contributed by atoms with Crippen molar-refractivity contribution in [3.05, 3.63) is 35.9 Å². The van der Waals surface area contributed by atoms with Gasteiger partial charge in [-0.25, -0.2) is 0 Å². The van der Waals surface area contributed by atoms with E-state index in [1.807, 2.05) is 0 Å². The molecule has 9 amide bonds. The van der Waals surface area contributed by atoms with Gasteiger partial charge in [0.25, 0.3) is 0 Å². The van der Waals surface area contributed by atoms with Crippen LogP contribution in [0.25, 0.3) is 0 Å². The average Bonchev–Trinajstić information content (AvgIpc) is 3.89. The molecule has 3 aliphatic rings. The van der Waals surface area contributed by atoms with Gasteiger partial charge in [0.15, 0.2) is 5.96 Å². The lowest BCUT2D eigenvalue weighted by Crippen LogP contribution is -2.60. The summed E-state index contributed by atoms with van der Waals surface area (Å²) < 4.78 is 0. The van der Waals surface area contributed by atoms with Gasteiger partial charge in [-0.2, -0.15) is 11.8 Å². The van der Waals surface area contributed by atoms with Crippen molar-refractivity contribution in [2.45, 2.75) is 113 Å². The Bertz CT molecular complexity index is 2030. The summed E-state index contributed by atoms with van der Waals surface area (Å²) in [7, 11) is 0. The first-order valence-electron chi connectivity index (χ1n) is 22.5. The molecule has 1 saturated heterocycles. The second kappa shape index (κ2) is 26.7. The third-order valence-corrected chi connectivity index (χ3v) is 13.4. The molecular weight excluding hydrogens is 909 g/mol. The topological polar surface area (TPSA) is 398 Å². The molecule has 1 heterocycles. The lowest BCUT2D eigenvalue weighted by atomic mass is 9.87. The number of carboxylic acids is 1. The van der Waals surface area contributed by atoms with Gasteiger partial charge < -0.3 is 69.9 Å². The number of carbonyl (C=O) groups excluding carboxylic acids is 9. The van der Waals surface area contributed by atoms with Gasteiger partial charge in [0.1, 0.15) is 36.3 Å². The molecule has 24 nitrogen and oxygen atoms in total. The second-order valence-electron chi connectivity index (χ2n) is 17.2. The van der Waals surface area contributed by atoms with Crippen molar-refractivity contribution in [1.82, 2.24) is 42.5 Å². The van der Waals surface area contributed by atoms with Crippen LogP contribution in [0, 0.1) is 17.8 Å². The van der Waals surface area contributed by atoms with E-state index in [-0.39, 0.29) is 79.4 Å². The smallest absolute Gasteiger partial charge is 0.305 e. The monoisotopic (exact) mass is 972 g/mol. The molecule has 1 aromatic rings. The molecule has 0 radical (unpaired) electrons. The molecule has 68 heavy (non-hydrogen) atoms. The Kier molecular flexibility index (Phi) is 21.3. The lowest BCUT2D eigenvalue weighted by molar-refractivity contribution is -0.141. The van der Waals surface area contributed by atoms with Crippen LogP contribution < -0.4 is 59.7 Å². The number of nitrogens with two attached hydrogens (primary N) is 3. The first-order valence-corrected chi connectivity index (χ1v) is 23.6. The van der Waals surface area contributed by atoms with E-state index >= 15 is 0 Å². The molecule has 1 aromatic carbocycles. The number of hydrogen-bond donors (Lipinski definition) is 13. The molecule has 0 aromatic heterocycles. The van der Waals surface area contributed by atoms with E-state index in [0.29, 0.717) is 24.8 Å². The summed E-state index contributed by atoms with van der Waals surface area (Å²) in [6.07, 6.45) is 2.23. The maximum absolute atomic E-state index is 13.8. The fraction of sp³-hybridized carbons (Fsp3) is 0.605. The van der Waals surface area contributed by atoms with Crippen molar-refractivity contribution >= 4 is 76.9 Å². The van der Waals surface area contributed by atoms with Gasteiger partial charge >= 0.3 is 5.97 Å². The van der Waals surface area contributed by atoms with E-state index in [0.717, 1.165) is 12.8 Å². The summed E-state index contributed by atoms with van der Waals surface area (Å²) in [5.41, 5.74) is 17.1. The zero-order chi connectivity index (χ0) is 49.9. The second-order valence-corrected chi connectivity index (χ2v) is 18.4. The number of aliphatic hydroxyl groups excluding tert-OH is 1. The van der Waals surface area contributed by atoms with Crippen LogP contribution in [0.15, 0.2) is 35.3 Å². The van der Waals surface area contributed by atoms with Crippen molar-refractivity contribution < 1.29 is 58.2 Å². The first kappa shape index (κ1) is 54.1. The molecule has 4 rings (SSSR count). The highest BCUT2D eigenvalue weighted by Crippen LogP contribution is 2.52. The molecule has 2 aliphatic carbocycles. The highest BCUT2D eigenvalue weighted by molar-refractivity contribution is 8.00. The minimum atomic E-state index is -1.84. The number of nitrogens with zero attached hydrogens (tertiary/aromatic N) is 1. The number of thioether (sulfide) groups is 1. The molecule has 8 unspecified atom stereocenters. The number of fused-ring (bicyclic) bond motifs is 1. The van der Waals surface area contributed by atoms with Crippen molar-refractivity contribution in [3.63, 3.8) is 0 Å². The third kappa shape index (κ3) is 17.3. The number of hydrogen-bond acceptors (Lipinski definition) is 13. The fourth-order valence-electron chi connectivity index (χ4n) is 8.56. The molecule has 374 valence electrons. The van der Waals surface area contributed by atoms with Gasteiger partial charge in [-0.3, -0.25) is 52.9 Å². The van der Waals surface area contributed by atoms with Gasteiger partial charge in [0.05, 0.1) is 19.6 Å². The van der Waals surface area contributed by atoms with E-state index in [1.165, 1.54) is 18.7 Å². The fourth-order valence-corrected chi connectivity index (χ4v) is 10.2. The number of primary amides is 1. The van der Waals surface area contributed by atoms with Crippen molar-refractivity contribution in [3.8, 4) is 0 Å². The molecule has 2 bridgehead atoms. The molecule has 10 atom stereocenters. The van der Waals surface area contributed by atoms with Crippen LogP contribution in [-0.4, -0.2) is 149 Å². The van der Waals surface area contributed by atoms with E-state index in [1.54, 1.807) is 30.3 Å². The minimum absolute atomic E-state index is 0.000748. The highest BCUT2D eigenvalue weighted by Gasteiger charge is 2.49. The van der Waals surface area contributed by atoms with Crippen LogP contribution in [0.2, 0.25) is 0 Å². The van der Waals surface area contributed by atoms with Crippen LogP contribution in [0.4, 0.5) is 0 Å². The molecule has 2 saturated carbocycles. The number of nitrogens with one attached hydrogen (secondary N) is 8. The first-order chi connectivity index (χ1) is 32.3. The number of benzene rings is 1. The molecule has 0 spiro atoms. The summed E-state index contributed by atoms with van der Waals surface area (Å²) in [4.78, 5) is 135. The zero-order valence-electron chi connectivity index (χ0n) is 37.8.